The first-order valence-corrected chi connectivity index (χ1v) is 7.99. The van der Waals surface area contributed by atoms with E-state index in [0.29, 0.717) is 22.4 Å². The monoisotopic (exact) mass is 325 g/mol. The van der Waals surface area contributed by atoms with Gasteiger partial charge in [-0.2, -0.15) is 0 Å². The van der Waals surface area contributed by atoms with E-state index >= 15 is 0 Å². The zero-order valence-corrected chi connectivity index (χ0v) is 13.3. The van der Waals surface area contributed by atoms with E-state index in [1.807, 2.05) is 19.1 Å². The van der Waals surface area contributed by atoms with Crippen LogP contribution in [0.25, 0.3) is 6.08 Å². The summed E-state index contributed by atoms with van der Waals surface area (Å²) in [5.74, 6) is 0.706. The highest BCUT2D eigenvalue weighted by atomic mass is 32.2. The molecule has 1 amide bonds. The van der Waals surface area contributed by atoms with Crippen molar-refractivity contribution in [1.29, 1.82) is 0 Å². The van der Waals surface area contributed by atoms with Crippen LogP contribution in [-0.4, -0.2) is 32.6 Å². The Balaban J connectivity index is 1.91. The molecule has 0 saturated carbocycles. The normalized spacial score (nSPS) is 18.1. The Kier molecular flexibility index (Phi) is 4.43. The molecular formula is C17H15N3O2S. The maximum atomic E-state index is 12.5. The number of pyridine rings is 1. The molecule has 1 aliphatic heterocycles. The number of carbonyl (C=O) groups is 1. The van der Waals surface area contributed by atoms with E-state index in [1.54, 1.807) is 47.5 Å². The maximum absolute atomic E-state index is 12.5. The van der Waals surface area contributed by atoms with Gasteiger partial charge >= 0.3 is 0 Å². The van der Waals surface area contributed by atoms with Crippen LogP contribution in [0.1, 0.15) is 12.5 Å². The van der Waals surface area contributed by atoms with Crippen molar-refractivity contribution in [2.24, 2.45) is 4.99 Å². The standard InChI is InChI=1S/C17H15N3O2S/c1-2-20-16(22)14(11-12-6-8-13(21)9-7-12)23-17(20)19-15-5-3-4-10-18-15/h3-11,21H,2H2,1H3/b14-11-,19-17+. The Hall–Kier alpha value is -2.60. The SMILES string of the molecule is CCN1C(=O)/C(=C/c2ccc(O)cc2)S/C1=N/c1ccccn1. The number of likely N-dealkylation sites (N-methyl/N-ethyl adjacent to an activating group) is 1. The summed E-state index contributed by atoms with van der Waals surface area (Å²) in [7, 11) is 0. The van der Waals surface area contributed by atoms with Gasteiger partial charge in [-0.25, -0.2) is 9.98 Å². The molecule has 1 aromatic carbocycles. The molecule has 0 radical (unpaired) electrons. The van der Waals surface area contributed by atoms with Crippen molar-refractivity contribution in [3.8, 4) is 5.75 Å². The number of aromatic nitrogens is 1. The number of aliphatic imine (C=N–C) groups is 1. The number of amidine groups is 1. The van der Waals surface area contributed by atoms with E-state index in [2.05, 4.69) is 9.98 Å². The second-order valence-electron chi connectivity index (χ2n) is 4.83. The maximum Gasteiger partial charge on any atom is 0.266 e. The summed E-state index contributed by atoms with van der Waals surface area (Å²) < 4.78 is 0. The van der Waals surface area contributed by atoms with Crippen molar-refractivity contribution in [2.45, 2.75) is 6.92 Å². The predicted molar refractivity (Wildman–Crippen MR) is 92.4 cm³/mol. The number of rotatable bonds is 3. The van der Waals surface area contributed by atoms with Gasteiger partial charge in [-0.15, -0.1) is 0 Å². The lowest BCUT2D eigenvalue weighted by Gasteiger charge is -2.11. The topological polar surface area (TPSA) is 65.8 Å². The largest absolute Gasteiger partial charge is 0.508 e. The van der Waals surface area contributed by atoms with E-state index in [1.165, 1.54) is 11.8 Å². The predicted octanol–water partition coefficient (Wildman–Crippen LogP) is 3.41. The molecule has 116 valence electrons. The van der Waals surface area contributed by atoms with Gasteiger partial charge in [0.05, 0.1) is 4.91 Å². The highest BCUT2D eigenvalue weighted by Gasteiger charge is 2.32. The van der Waals surface area contributed by atoms with Crippen molar-refractivity contribution in [3.05, 3.63) is 59.1 Å². The number of phenolic OH excluding ortho intramolecular Hbond substituents is 1. The fourth-order valence-electron chi connectivity index (χ4n) is 2.11. The molecule has 0 aliphatic carbocycles. The molecular weight excluding hydrogens is 310 g/mol. The van der Waals surface area contributed by atoms with Crippen molar-refractivity contribution >= 4 is 34.7 Å². The fraction of sp³-hybridized carbons (Fsp3) is 0.118. The number of aromatic hydroxyl groups is 1. The van der Waals surface area contributed by atoms with Crippen LogP contribution in [0.15, 0.2) is 58.6 Å². The van der Waals surface area contributed by atoms with Gasteiger partial charge < -0.3 is 5.11 Å². The van der Waals surface area contributed by atoms with E-state index < -0.39 is 0 Å². The molecule has 1 N–H and O–H groups in total. The Bertz CT molecular complexity index is 770. The van der Waals surface area contributed by atoms with Crippen LogP contribution >= 0.6 is 11.8 Å². The molecule has 2 heterocycles. The number of amides is 1. The van der Waals surface area contributed by atoms with E-state index in [-0.39, 0.29) is 11.7 Å². The summed E-state index contributed by atoms with van der Waals surface area (Å²) in [6.07, 6.45) is 3.47. The zero-order valence-electron chi connectivity index (χ0n) is 12.5. The first-order valence-electron chi connectivity index (χ1n) is 7.17. The second kappa shape index (κ2) is 6.66. The van der Waals surface area contributed by atoms with Gasteiger partial charge in [0.25, 0.3) is 5.91 Å². The van der Waals surface area contributed by atoms with Crippen LogP contribution < -0.4 is 0 Å². The summed E-state index contributed by atoms with van der Waals surface area (Å²) in [6, 6.07) is 12.2. The van der Waals surface area contributed by atoms with Gasteiger partial charge in [-0.3, -0.25) is 9.69 Å². The molecule has 0 atom stereocenters. The minimum atomic E-state index is -0.0692. The Morgan fingerprint density at radius 2 is 2.04 bits per heavy atom. The number of benzene rings is 1. The molecule has 3 rings (SSSR count). The summed E-state index contributed by atoms with van der Waals surface area (Å²) in [4.78, 5) is 23.4. The Morgan fingerprint density at radius 3 is 2.70 bits per heavy atom. The molecule has 0 spiro atoms. The number of hydrogen-bond acceptors (Lipinski definition) is 5. The van der Waals surface area contributed by atoms with E-state index in [9.17, 15) is 9.90 Å². The second-order valence-corrected chi connectivity index (χ2v) is 5.84. The molecule has 1 fully saturated rings. The van der Waals surface area contributed by atoms with Gasteiger partial charge in [0.1, 0.15) is 5.75 Å². The summed E-state index contributed by atoms with van der Waals surface area (Å²) in [5.41, 5.74) is 0.855. The lowest BCUT2D eigenvalue weighted by Crippen LogP contribution is -2.28. The molecule has 0 unspecified atom stereocenters. The van der Waals surface area contributed by atoms with Crippen LogP contribution in [0.3, 0.4) is 0 Å². The van der Waals surface area contributed by atoms with Gasteiger partial charge in [-0.05, 0) is 54.6 Å². The van der Waals surface area contributed by atoms with Gasteiger partial charge in [0.2, 0.25) is 0 Å². The number of phenols is 1. The van der Waals surface area contributed by atoms with E-state index in [4.69, 9.17) is 0 Å². The Labute approximate surface area is 138 Å². The number of thioether (sulfide) groups is 1. The van der Waals surface area contributed by atoms with Crippen molar-refractivity contribution in [1.82, 2.24) is 9.88 Å². The van der Waals surface area contributed by atoms with Crippen molar-refractivity contribution in [3.63, 3.8) is 0 Å². The minimum absolute atomic E-state index is 0.0692. The summed E-state index contributed by atoms with van der Waals surface area (Å²) >= 11 is 1.33. The van der Waals surface area contributed by atoms with Crippen molar-refractivity contribution < 1.29 is 9.90 Å². The average molecular weight is 325 g/mol. The first kappa shape index (κ1) is 15.3. The molecule has 1 saturated heterocycles. The lowest BCUT2D eigenvalue weighted by atomic mass is 10.2. The van der Waals surface area contributed by atoms with Crippen molar-refractivity contribution in [2.75, 3.05) is 6.54 Å². The van der Waals surface area contributed by atoms with Gasteiger partial charge in [-0.1, -0.05) is 18.2 Å². The van der Waals surface area contributed by atoms with Gasteiger partial charge in [0, 0.05) is 12.7 Å². The Morgan fingerprint density at radius 1 is 1.26 bits per heavy atom. The summed E-state index contributed by atoms with van der Waals surface area (Å²) in [6.45, 7) is 2.46. The third kappa shape index (κ3) is 3.43. The average Bonchev–Trinajstić information content (AvgIpc) is 2.85. The zero-order chi connectivity index (χ0) is 16.2. The molecule has 0 bridgehead atoms. The quantitative estimate of drug-likeness (QED) is 0.878. The summed E-state index contributed by atoms with van der Waals surface area (Å²) in [5, 5.41) is 9.95. The highest BCUT2D eigenvalue weighted by Crippen LogP contribution is 2.33. The molecule has 6 heteroatoms. The third-order valence-corrected chi connectivity index (χ3v) is 4.26. The van der Waals surface area contributed by atoms with Crippen LogP contribution in [0.5, 0.6) is 5.75 Å². The van der Waals surface area contributed by atoms with Crippen LogP contribution in [0, 0.1) is 0 Å². The van der Waals surface area contributed by atoms with Crippen LogP contribution in [0.2, 0.25) is 0 Å². The molecule has 2 aromatic rings. The smallest absolute Gasteiger partial charge is 0.266 e. The first-order chi connectivity index (χ1) is 11.2. The lowest BCUT2D eigenvalue weighted by molar-refractivity contribution is -0.122. The van der Waals surface area contributed by atoms with Crippen LogP contribution in [0.4, 0.5) is 5.82 Å². The van der Waals surface area contributed by atoms with Crippen LogP contribution in [-0.2, 0) is 4.79 Å². The third-order valence-electron chi connectivity index (χ3n) is 3.25. The molecule has 1 aliphatic rings. The molecule has 1 aromatic heterocycles. The number of nitrogens with zero attached hydrogens (tertiary/aromatic N) is 3. The van der Waals surface area contributed by atoms with E-state index in [0.717, 1.165) is 5.56 Å². The highest BCUT2D eigenvalue weighted by molar-refractivity contribution is 8.18. The van der Waals surface area contributed by atoms with Gasteiger partial charge in [0.15, 0.2) is 11.0 Å². The fourth-order valence-corrected chi connectivity index (χ4v) is 3.16. The number of hydrogen-bond donors (Lipinski definition) is 1. The molecule has 23 heavy (non-hydrogen) atoms. The minimum Gasteiger partial charge on any atom is -0.508 e. The number of carbonyl (C=O) groups excluding carboxylic acids is 1. The molecule has 5 nitrogen and oxygen atoms in total.